The first-order valence-electron chi connectivity index (χ1n) is 4.79. The minimum absolute atomic E-state index is 0.105. The largest absolute Gasteiger partial charge is 0.368 e. The first kappa shape index (κ1) is 10.3. The van der Waals surface area contributed by atoms with Crippen LogP contribution in [0, 0.1) is 0 Å². The lowest BCUT2D eigenvalue weighted by molar-refractivity contribution is -0.293. The second-order valence-corrected chi connectivity index (χ2v) is 3.33. The fraction of sp³-hybridized carbons (Fsp3) is 0.700. The standard InChI is InChI=1S/C10H16O3/c1-3-8(2)10(11)13-12-9-6-4-5-7-9/h9H,2-7H2,1H3. The van der Waals surface area contributed by atoms with Crippen LogP contribution in [-0.4, -0.2) is 12.1 Å². The molecule has 1 rings (SSSR count). The van der Waals surface area contributed by atoms with Gasteiger partial charge in [0.15, 0.2) is 0 Å². The first-order valence-corrected chi connectivity index (χ1v) is 4.79. The summed E-state index contributed by atoms with van der Waals surface area (Å²) in [6.07, 6.45) is 5.02. The van der Waals surface area contributed by atoms with Crippen molar-refractivity contribution in [3.05, 3.63) is 12.2 Å². The molecule has 0 saturated heterocycles. The van der Waals surface area contributed by atoms with E-state index >= 15 is 0 Å². The summed E-state index contributed by atoms with van der Waals surface area (Å²) >= 11 is 0. The molecule has 0 aromatic carbocycles. The molecule has 0 aliphatic heterocycles. The molecule has 0 bridgehead atoms. The molecule has 0 unspecified atom stereocenters. The van der Waals surface area contributed by atoms with Crippen molar-refractivity contribution in [1.29, 1.82) is 0 Å². The molecule has 0 atom stereocenters. The zero-order valence-corrected chi connectivity index (χ0v) is 8.04. The Morgan fingerprint density at radius 2 is 2.08 bits per heavy atom. The van der Waals surface area contributed by atoms with Crippen molar-refractivity contribution in [2.45, 2.75) is 45.1 Å². The zero-order chi connectivity index (χ0) is 9.68. The highest BCUT2D eigenvalue weighted by molar-refractivity contribution is 5.87. The molecule has 0 N–H and O–H groups in total. The highest BCUT2D eigenvalue weighted by atomic mass is 17.2. The van der Waals surface area contributed by atoms with Gasteiger partial charge >= 0.3 is 5.97 Å². The van der Waals surface area contributed by atoms with Gasteiger partial charge in [0.25, 0.3) is 0 Å². The van der Waals surface area contributed by atoms with E-state index in [9.17, 15) is 4.79 Å². The van der Waals surface area contributed by atoms with Gasteiger partial charge in [-0.1, -0.05) is 26.3 Å². The number of carbonyl (C=O) groups excluding carboxylic acids is 1. The van der Waals surface area contributed by atoms with Crippen LogP contribution in [-0.2, 0) is 14.6 Å². The quantitative estimate of drug-likeness (QED) is 0.382. The summed E-state index contributed by atoms with van der Waals surface area (Å²) in [5.74, 6) is -0.436. The second kappa shape index (κ2) is 5.02. The molecule has 1 aliphatic rings. The van der Waals surface area contributed by atoms with Crippen LogP contribution in [0.4, 0.5) is 0 Å². The molecule has 0 heterocycles. The van der Waals surface area contributed by atoms with Crippen LogP contribution in [0.3, 0.4) is 0 Å². The van der Waals surface area contributed by atoms with E-state index in [-0.39, 0.29) is 6.10 Å². The molecule has 0 amide bonds. The maximum Gasteiger partial charge on any atom is 0.368 e. The first-order chi connectivity index (χ1) is 6.24. The van der Waals surface area contributed by atoms with Crippen LogP contribution in [0.5, 0.6) is 0 Å². The molecule has 0 spiro atoms. The Bertz CT molecular complexity index is 192. The molecule has 1 saturated carbocycles. The highest BCUT2D eigenvalue weighted by Gasteiger charge is 2.18. The summed E-state index contributed by atoms with van der Waals surface area (Å²) in [6.45, 7) is 5.42. The summed E-state index contributed by atoms with van der Waals surface area (Å²) in [5, 5.41) is 0. The van der Waals surface area contributed by atoms with Gasteiger partial charge in [-0.25, -0.2) is 4.79 Å². The topological polar surface area (TPSA) is 35.5 Å². The fourth-order valence-corrected chi connectivity index (χ4v) is 1.30. The van der Waals surface area contributed by atoms with Gasteiger partial charge in [-0.2, -0.15) is 4.89 Å². The molecule has 0 aromatic rings. The molecule has 0 aromatic heterocycles. The summed E-state index contributed by atoms with van der Waals surface area (Å²) in [7, 11) is 0. The third kappa shape index (κ3) is 3.19. The lowest BCUT2D eigenvalue weighted by atomic mass is 10.2. The summed E-state index contributed by atoms with van der Waals surface area (Å²) in [6, 6.07) is 0. The van der Waals surface area contributed by atoms with Crippen LogP contribution >= 0.6 is 0 Å². The monoisotopic (exact) mass is 184 g/mol. The Morgan fingerprint density at radius 1 is 1.46 bits per heavy atom. The van der Waals surface area contributed by atoms with Crippen molar-refractivity contribution in [3.63, 3.8) is 0 Å². The second-order valence-electron chi connectivity index (χ2n) is 3.33. The molecule has 74 valence electrons. The fourth-order valence-electron chi connectivity index (χ4n) is 1.30. The highest BCUT2D eigenvalue weighted by Crippen LogP contribution is 2.21. The number of hydrogen-bond acceptors (Lipinski definition) is 3. The van der Waals surface area contributed by atoms with Crippen molar-refractivity contribution >= 4 is 5.97 Å². The van der Waals surface area contributed by atoms with Crippen LogP contribution < -0.4 is 0 Å². The van der Waals surface area contributed by atoms with E-state index in [4.69, 9.17) is 4.89 Å². The van der Waals surface area contributed by atoms with Crippen LogP contribution in [0.1, 0.15) is 39.0 Å². The van der Waals surface area contributed by atoms with Gasteiger partial charge in [-0.15, -0.1) is 0 Å². The van der Waals surface area contributed by atoms with E-state index in [2.05, 4.69) is 11.5 Å². The van der Waals surface area contributed by atoms with Gasteiger partial charge < -0.3 is 0 Å². The Balaban J connectivity index is 2.17. The van der Waals surface area contributed by atoms with Crippen molar-refractivity contribution in [2.75, 3.05) is 0 Å². The van der Waals surface area contributed by atoms with Crippen LogP contribution in [0.2, 0.25) is 0 Å². The van der Waals surface area contributed by atoms with Crippen molar-refractivity contribution in [3.8, 4) is 0 Å². The molecule has 3 heteroatoms. The Morgan fingerprint density at radius 3 is 2.62 bits per heavy atom. The molecular formula is C10H16O3. The lowest BCUT2D eigenvalue weighted by Crippen LogP contribution is -2.14. The summed E-state index contributed by atoms with van der Waals surface area (Å²) < 4.78 is 0. The van der Waals surface area contributed by atoms with Gasteiger partial charge in [-0.3, -0.25) is 4.89 Å². The molecule has 13 heavy (non-hydrogen) atoms. The van der Waals surface area contributed by atoms with Crippen LogP contribution in [0.25, 0.3) is 0 Å². The van der Waals surface area contributed by atoms with E-state index in [0.29, 0.717) is 12.0 Å². The SMILES string of the molecule is C=C(CC)C(=O)OOC1CCCC1. The predicted molar refractivity (Wildman–Crippen MR) is 48.9 cm³/mol. The predicted octanol–water partition coefficient (Wildman–Crippen LogP) is 2.37. The van der Waals surface area contributed by atoms with E-state index in [1.165, 1.54) is 0 Å². The minimum Gasteiger partial charge on any atom is -0.293 e. The van der Waals surface area contributed by atoms with E-state index in [1.807, 2.05) is 6.92 Å². The summed E-state index contributed by atoms with van der Waals surface area (Å²) in [4.78, 5) is 20.7. The smallest absolute Gasteiger partial charge is 0.293 e. The molecular weight excluding hydrogens is 168 g/mol. The maximum atomic E-state index is 11.1. The number of hydrogen-bond donors (Lipinski definition) is 0. The molecule has 1 fully saturated rings. The maximum absolute atomic E-state index is 11.1. The Labute approximate surface area is 78.6 Å². The molecule has 3 nitrogen and oxygen atoms in total. The van der Waals surface area contributed by atoms with Crippen molar-refractivity contribution < 1.29 is 14.6 Å². The molecule has 0 radical (unpaired) electrons. The van der Waals surface area contributed by atoms with Gasteiger partial charge in [0, 0.05) is 5.57 Å². The van der Waals surface area contributed by atoms with E-state index in [1.54, 1.807) is 0 Å². The molecule has 1 aliphatic carbocycles. The zero-order valence-electron chi connectivity index (χ0n) is 8.04. The average molecular weight is 184 g/mol. The van der Waals surface area contributed by atoms with E-state index in [0.717, 1.165) is 25.7 Å². The number of rotatable bonds is 4. The lowest BCUT2D eigenvalue weighted by Gasteiger charge is -2.08. The van der Waals surface area contributed by atoms with Gasteiger partial charge in [-0.05, 0) is 19.3 Å². The Hall–Kier alpha value is -0.830. The van der Waals surface area contributed by atoms with Crippen molar-refractivity contribution in [2.24, 2.45) is 0 Å². The Kier molecular flexibility index (Phi) is 3.96. The average Bonchev–Trinajstić information content (AvgIpc) is 2.65. The van der Waals surface area contributed by atoms with Gasteiger partial charge in [0.1, 0.15) is 6.10 Å². The third-order valence-corrected chi connectivity index (χ3v) is 2.28. The van der Waals surface area contributed by atoms with Crippen LogP contribution in [0.15, 0.2) is 12.2 Å². The normalized spacial score (nSPS) is 17.3. The van der Waals surface area contributed by atoms with E-state index < -0.39 is 5.97 Å². The van der Waals surface area contributed by atoms with Crippen molar-refractivity contribution in [1.82, 2.24) is 0 Å². The number of carbonyl (C=O) groups is 1. The van der Waals surface area contributed by atoms with Gasteiger partial charge in [0.05, 0.1) is 0 Å². The third-order valence-electron chi connectivity index (χ3n) is 2.28. The van der Waals surface area contributed by atoms with Gasteiger partial charge in [0.2, 0.25) is 0 Å². The minimum atomic E-state index is -0.436. The summed E-state index contributed by atoms with van der Waals surface area (Å²) in [5.41, 5.74) is 0.456.